The molecule has 0 saturated heterocycles. The average molecular weight is 383 g/mol. The number of hydrogen-bond acceptors (Lipinski definition) is 3. The third kappa shape index (κ3) is 1.97. The largest absolute Gasteiger partial charge is 0.461 e. The van der Waals surface area contributed by atoms with Crippen LogP contribution in [0.3, 0.4) is 0 Å². The van der Waals surface area contributed by atoms with Gasteiger partial charge in [0.1, 0.15) is 6.10 Å². The second-order valence-electron chi connectivity index (χ2n) is 11.5. The molecule has 0 N–H and O–H groups in total. The summed E-state index contributed by atoms with van der Waals surface area (Å²) in [4.78, 5) is 24.4. The summed E-state index contributed by atoms with van der Waals surface area (Å²) in [5.74, 6) is 6.10. The van der Waals surface area contributed by atoms with Gasteiger partial charge in [-0.1, -0.05) is 33.3 Å². The molecular weight excluding hydrogens is 348 g/mol. The molecule has 6 rings (SSSR count). The van der Waals surface area contributed by atoms with E-state index in [2.05, 4.69) is 26.8 Å². The Morgan fingerprint density at radius 3 is 2.75 bits per heavy atom. The van der Waals surface area contributed by atoms with Gasteiger partial charge < -0.3 is 4.74 Å². The first-order valence-corrected chi connectivity index (χ1v) is 11.8. The van der Waals surface area contributed by atoms with Crippen LogP contribution in [-0.4, -0.2) is 17.9 Å². The molecule has 3 nitrogen and oxygen atoms in total. The van der Waals surface area contributed by atoms with Crippen LogP contribution < -0.4 is 0 Å². The topological polar surface area (TPSA) is 43.4 Å². The molecule has 152 valence electrons. The van der Waals surface area contributed by atoms with Crippen LogP contribution in [-0.2, 0) is 14.3 Å². The van der Waals surface area contributed by atoms with Crippen molar-refractivity contribution in [1.82, 2.24) is 0 Å². The zero-order valence-electron chi connectivity index (χ0n) is 17.7. The van der Waals surface area contributed by atoms with E-state index in [9.17, 15) is 9.59 Å². The average Bonchev–Trinajstić information content (AvgIpc) is 3.55. The molecule has 10 unspecified atom stereocenters. The fraction of sp³-hybridized carbons (Fsp3) is 0.840. The number of fused-ring (bicyclic) bond motifs is 10. The molecule has 5 fully saturated rings. The van der Waals surface area contributed by atoms with Crippen LogP contribution in [0, 0.1) is 58.2 Å². The number of allylic oxidation sites excluding steroid dienone is 1. The lowest BCUT2D eigenvalue weighted by Gasteiger charge is -2.58. The molecule has 0 aromatic carbocycles. The van der Waals surface area contributed by atoms with E-state index >= 15 is 0 Å². The number of ketones is 1. The number of carbonyl (C=O) groups is 2. The van der Waals surface area contributed by atoms with Crippen molar-refractivity contribution in [2.24, 2.45) is 58.2 Å². The Morgan fingerprint density at radius 2 is 2.00 bits per heavy atom. The highest BCUT2D eigenvalue weighted by Crippen LogP contribution is 2.79. The fourth-order valence-electron chi connectivity index (χ4n) is 9.19. The highest BCUT2D eigenvalue weighted by atomic mass is 16.5. The number of carbonyl (C=O) groups excluding carboxylic acids is 2. The molecule has 0 radical (unpaired) electrons. The SMILES string of the molecule is CCC(=O)OC1C2CC2C2C3C4C(C5=CC(=O)CCC5(C)C3CCC12C)[C@@H]4C. The van der Waals surface area contributed by atoms with E-state index in [1.165, 1.54) is 24.8 Å². The Bertz CT molecular complexity index is 798. The first-order chi connectivity index (χ1) is 13.3. The van der Waals surface area contributed by atoms with Crippen LogP contribution in [0.2, 0.25) is 0 Å². The summed E-state index contributed by atoms with van der Waals surface area (Å²) in [6.07, 6.45) is 8.21. The Morgan fingerprint density at radius 1 is 1.21 bits per heavy atom. The van der Waals surface area contributed by atoms with Crippen LogP contribution in [0.25, 0.3) is 0 Å². The van der Waals surface area contributed by atoms with E-state index < -0.39 is 0 Å². The highest BCUT2D eigenvalue weighted by molar-refractivity contribution is 5.92. The lowest BCUT2D eigenvalue weighted by atomic mass is 9.46. The molecule has 28 heavy (non-hydrogen) atoms. The molecule has 6 aliphatic carbocycles. The van der Waals surface area contributed by atoms with Crippen molar-refractivity contribution in [2.75, 3.05) is 0 Å². The lowest BCUT2D eigenvalue weighted by molar-refractivity contribution is -0.164. The summed E-state index contributed by atoms with van der Waals surface area (Å²) >= 11 is 0. The van der Waals surface area contributed by atoms with Crippen molar-refractivity contribution in [3.8, 4) is 0 Å². The van der Waals surface area contributed by atoms with Gasteiger partial charge in [-0.3, -0.25) is 9.59 Å². The van der Waals surface area contributed by atoms with Gasteiger partial charge in [0.25, 0.3) is 0 Å². The van der Waals surface area contributed by atoms with Crippen molar-refractivity contribution in [1.29, 1.82) is 0 Å². The van der Waals surface area contributed by atoms with Gasteiger partial charge in [0.15, 0.2) is 5.78 Å². The highest BCUT2D eigenvalue weighted by Gasteiger charge is 2.76. The summed E-state index contributed by atoms with van der Waals surface area (Å²) < 4.78 is 6.09. The number of ether oxygens (including phenoxy) is 1. The number of rotatable bonds is 2. The van der Waals surface area contributed by atoms with Gasteiger partial charge in [-0.05, 0) is 84.5 Å². The second kappa shape index (κ2) is 5.32. The molecule has 0 aliphatic heterocycles. The summed E-state index contributed by atoms with van der Waals surface area (Å²) in [7, 11) is 0. The van der Waals surface area contributed by atoms with Crippen LogP contribution in [0.5, 0.6) is 0 Å². The van der Waals surface area contributed by atoms with Crippen molar-refractivity contribution >= 4 is 11.8 Å². The van der Waals surface area contributed by atoms with E-state index in [4.69, 9.17) is 4.74 Å². The van der Waals surface area contributed by atoms with Gasteiger partial charge in [-0.15, -0.1) is 0 Å². The molecule has 5 saturated carbocycles. The minimum absolute atomic E-state index is 0.0102. The summed E-state index contributed by atoms with van der Waals surface area (Å²) in [5.41, 5.74) is 1.92. The van der Waals surface area contributed by atoms with Crippen molar-refractivity contribution in [3.63, 3.8) is 0 Å². The minimum atomic E-state index is -0.0102. The first-order valence-electron chi connectivity index (χ1n) is 11.8. The Kier molecular flexibility index (Phi) is 3.37. The molecule has 3 heteroatoms. The Balaban J connectivity index is 1.39. The maximum absolute atomic E-state index is 12.2. The van der Waals surface area contributed by atoms with Crippen LogP contribution in [0.15, 0.2) is 11.6 Å². The van der Waals surface area contributed by atoms with Crippen molar-refractivity contribution in [3.05, 3.63) is 11.6 Å². The summed E-state index contributed by atoms with van der Waals surface area (Å²) in [6.45, 7) is 9.28. The second-order valence-corrected chi connectivity index (χ2v) is 11.5. The smallest absolute Gasteiger partial charge is 0.305 e. The van der Waals surface area contributed by atoms with Gasteiger partial charge in [-0.2, -0.15) is 0 Å². The van der Waals surface area contributed by atoms with Crippen molar-refractivity contribution < 1.29 is 14.3 Å². The standard InChI is InChI=1S/C25H34O3/c1-5-18(27)28-23-15-11-14(15)22-21-16(7-9-25(22,23)4)24(3)8-6-13(26)10-17(24)19-12(2)20(19)21/h10,12,14-16,19-23H,5-9,11H2,1-4H3/t12-,14?,15?,16?,19?,20?,21?,22?,23?,24?,25?/m0/s1. The van der Waals surface area contributed by atoms with Gasteiger partial charge in [0.2, 0.25) is 0 Å². The normalized spacial score (nSPS) is 57.8. The molecule has 0 bridgehead atoms. The van der Waals surface area contributed by atoms with E-state index in [1.807, 2.05) is 6.92 Å². The summed E-state index contributed by atoms with van der Waals surface area (Å²) in [5, 5.41) is 0. The quantitative estimate of drug-likeness (QED) is 0.645. The van der Waals surface area contributed by atoms with Gasteiger partial charge in [-0.25, -0.2) is 0 Å². The van der Waals surface area contributed by atoms with E-state index in [0.717, 1.165) is 48.3 Å². The van der Waals surface area contributed by atoms with Crippen molar-refractivity contribution in [2.45, 2.75) is 72.3 Å². The molecule has 0 heterocycles. The third-order valence-corrected chi connectivity index (χ3v) is 10.5. The van der Waals surface area contributed by atoms with Gasteiger partial charge in [0, 0.05) is 18.3 Å². The molecular formula is C25H34O3. The summed E-state index contributed by atoms with van der Waals surface area (Å²) in [6, 6.07) is 0. The molecule has 0 aromatic heterocycles. The molecule has 11 atom stereocenters. The molecule has 6 aliphatic rings. The third-order valence-electron chi connectivity index (χ3n) is 10.5. The molecule has 0 aromatic rings. The van der Waals surface area contributed by atoms with Crippen LogP contribution in [0.1, 0.15) is 66.2 Å². The maximum Gasteiger partial charge on any atom is 0.305 e. The first kappa shape index (κ1) is 17.7. The predicted octanol–water partition coefficient (Wildman–Crippen LogP) is 4.80. The van der Waals surface area contributed by atoms with Gasteiger partial charge >= 0.3 is 5.97 Å². The zero-order chi connectivity index (χ0) is 19.6. The Labute approximate surface area is 168 Å². The molecule has 0 spiro atoms. The van der Waals surface area contributed by atoms with E-state index in [-0.39, 0.29) is 22.9 Å². The monoisotopic (exact) mass is 382 g/mol. The fourth-order valence-corrected chi connectivity index (χ4v) is 9.19. The molecule has 0 amide bonds. The maximum atomic E-state index is 12.2. The van der Waals surface area contributed by atoms with Crippen LogP contribution in [0.4, 0.5) is 0 Å². The van der Waals surface area contributed by atoms with Crippen LogP contribution >= 0.6 is 0 Å². The predicted molar refractivity (Wildman–Crippen MR) is 106 cm³/mol. The van der Waals surface area contributed by atoms with E-state index in [1.54, 1.807) is 0 Å². The number of hydrogen-bond donors (Lipinski definition) is 0. The van der Waals surface area contributed by atoms with E-state index in [0.29, 0.717) is 24.0 Å². The minimum Gasteiger partial charge on any atom is -0.461 e. The lowest BCUT2D eigenvalue weighted by Crippen LogP contribution is -2.54. The zero-order valence-corrected chi connectivity index (χ0v) is 17.7. The number of esters is 1. The Hall–Kier alpha value is -1.12. The van der Waals surface area contributed by atoms with Gasteiger partial charge in [0.05, 0.1) is 0 Å².